The van der Waals surface area contributed by atoms with Crippen LogP contribution in [0.2, 0.25) is 0 Å². The Labute approximate surface area is 99.0 Å². The van der Waals surface area contributed by atoms with Crippen molar-refractivity contribution in [3.8, 4) is 0 Å². The Morgan fingerprint density at radius 1 is 1.62 bits per heavy atom. The number of rotatable bonds is 3. The molecule has 1 atom stereocenters. The number of carbonyl (C=O) groups excluding carboxylic acids is 2. The van der Waals surface area contributed by atoms with E-state index < -0.39 is 6.16 Å². The first kappa shape index (κ1) is 13.1. The van der Waals surface area contributed by atoms with E-state index in [0.717, 1.165) is 6.41 Å². The van der Waals surface area contributed by atoms with Crippen molar-refractivity contribution in [3.63, 3.8) is 0 Å². The summed E-state index contributed by atoms with van der Waals surface area (Å²) in [6.45, 7) is 5.75. The minimum Gasteiger partial charge on any atom is -0.434 e. The second-order valence-electron chi connectivity index (χ2n) is 3.99. The van der Waals surface area contributed by atoms with Gasteiger partial charge in [-0.1, -0.05) is 11.8 Å². The molecule has 0 N–H and O–H groups in total. The molecular weight excluding hydrogens is 230 g/mol. The highest BCUT2D eigenvalue weighted by Gasteiger charge is 2.51. The molecule has 16 heavy (non-hydrogen) atoms. The quantitative estimate of drug-likeness (QED) is 0.433. The van der Waals surface area contributed by atoms with Crippen molar-refractivity contribution in [2.75, 3.05) is 13.7 Å². The molecule has 1 heterocycles. The number of ether oxygens (including phenoxy) is 2. The maximum absolute atomic E-state index is 11.2. The summed E-state index contributed by atoms with van der Waals surface area (Å²) in [6, 6.07) is 0. The van der Waals surface area contributed by atoms with Crippen LogP contribution in [0.1, 0.15) is 20.8 Å². The van der Waals surface area contributed by atoms with E-state index in [4.69, 9.17) is 4.74 Å². The molecule has 0 saturated carbocycles. The van der Waals surface area contributed by atoms with Gasteiger partial charge >= 0.3 is 18.4 Å². The van der Waals surface area contributed by atoms with Gasteiger partial charge in [0, 0.05) is 13.8 Å². The highest BCUT2D eigenvalue weighted by atomic mass is 32.2. The third-order valence-electron chi connectivity index (χ3n) is 2.69. The van der Waals surface area contributed by atoms with Crippen LogP contribution in [0.3, 0.4) is 0 Å². The SMILES string of the molecule is CCOC(=O)OC1=CSC(C)(C)[N+]1(C)C=O. The normalized spacial score (nSPS) is 27.1. The van der Waals surface area contributed by atoms with Crippen LogP contribution in [0, 0.1) is 0 Å². The lowest BCUT2D eigenvalue weighted by atomic mass is 10.3. The van der Waals surface area contributed by atoms with Gasteiger partial charge in [-0.15, -0.1) is 0 Å². The summed E-state index contributed by atoms with van der Waals surface area (Å²) >= 11 is 1.45. The van der Waals surface area contributed by atoms with Crippen LogP contribution in [0.25, 0.3) is 0 Å². The minimum absolute atomic E-state index is 0.0868. The highest BCUT2D eigenvalue weighted by Crippen LogP contribution is 2.45. The summed E-state index contributed by atoms with van der Waals surface area (Å²) in [5.41, 5.74) is 0. The lowest BCUT2D eigenvalue weighted by Gasteiger charge is -2.34. The second-order valence-corrected chi connectivity index (χ2v) is 5.46. The van der Waals surface area contributed by atoms with Gasteiger partial charge in [-0.3, -0.25) is 0 Å². The Balaban J connectivity index is 2.83. The molecule has 6 heteroatoms. The zero-order chi connectivity index (χ0) is 12.4. The fourth-order valence-electron chi connectivity index (χ4n) is 1.21. The molecule has 90 valence electrons. The number of thioether (sulfide) groups is 1. The molecule has 0 aromatic heterocycles. The molecule has 0 aromatic carbocycles. The molecule has 1 rings (SSSR count). The topological polar surface area (TPSA) is 52.6 Å². The van der Waals surface area contributed by atoms with Crippen molar-refractivity contribution in [2.24, 2.45) is 0 Å². The first-order chi connectivity index (χ1) is 7.37. The largest absolute Gasteiger partial charge is 0.517 e. The molecule has 1 aliphatic heterocycles. The van der Waals surface area contributed by atoms with Gasteiger partial charge in [0.2, 0.25) is 0 Å². The van der Waals surface area contributed by atoms with Crippen LogP contribution < -0.4 is 0 Å². The summed E-state index contributed by atoms with van der Waals surface area (Å²) in [7, 11) is 1.69. The molecule has 0 aliphatic carbocycles. The number of quaternary nitrogens is 1. The van der Waals surface area contributed by atoms with Gasteiger partial charge in [-0.2, -0.15) is 4.48 Å². The predicted molar refractivity (Wildman–Crippen MR) is 60.1 cm³/mol. The summed E-state index contributed by atoms with van der Waals surface area (Å²) < 4.78 is 9.60. The van der Waals surface area contributed by atoms with Crippen molar-refractivity contribution >= 4 is 24.3 Å². The molecule has 0 radical (unpaired) electrons. The summed E-state index contributed by atoms with van der Waals surface area (Å²) in [5, 5.41) is 1.67. The van der Waals surface area contributed by atoms with Crippen LogP contribution in [0.5, 0.6) is 0 Å². The predicted octanol–water partition coefficient (Wildman–Crippen LogP) is 2.04. The smallest absolute Gasteiger partial charge is 0.434 e. The van der Waals surface area contributed by atoms with Gasteiger partial charge in [0.25, 0.3) is 0 Å². The van der Waals surface area contributed by atoms with E-state index in [1.165, 1.54) is 11.8 Å². The van der Waals surface area contributed by atoms with Crippen molar-refractivity contribution in [1.29, 1.82) is 0 Å². The average Bonchev–Trinajstić information content (AvgIpc) is 2.43. The molecule has 0 aromatic rings. The van der Waals surface area contributed by atoms with E-state index in [-0.39, 0.29) is 16.0 Å². The Morgan fingerprint density at radius 2 is 2.25 bits per heavy atom. The van der Waals surface area contributed by atoms with Gasteiger partial charge in [0.15, 0.2) is 4.87 Å². The zero-order valence-electron chi connectivity index (χ0n) is 9.85. The third kappa shape index (κ3) is 2.08. The lowest BCUT2D eigenvalue weighted by molar-refractivity contribution is -0.831. The fraction of sp³-hybridized carbons (Fsp3) is 0.600. The van der Waals surface area contributed by atoms with Gasteiger partial charge in [-0.25, -0.2) is 9.59 Å². The van der Waals surface area contributed by atoms with Gasteiger partial charge < -0.3 is 9.47 Å². The Hall–Kier alpha value is -1.01. The maximum atomic E-state index is 11.2. The first-order valence-corrected chi connectivity index (χ1v) is 5.81. The number of nitrogens with zero attached hydrogens (tertiary/aromatic N) is 1. The van der Waals surface area contributed by atoms with Crippen molar-refractivity contribution < 1.29 is 23.5 Å². The minimum atomic E-state index is -0.779. The Kier molecular flexibility index (Phi) is 3.64. The number of amides is 1. The van der Waals surface area contributed by atoms with E-state index in [0.29, 0.717) is 5.88 Å². The lowest BCUT2D eigenvalue weighted by Crippen LogP contribution is -2.53. The van der Waals surface area contributed by atoms with Crippen molar-refractivity contribution in [2.45, 2.75) is 25.6 Å². The fourth-order valence-corrected chi connectivity index (χ4v) is 2.22. The van der Waals surface area contributed by atoms with E-state index in [1.807, 2.05) is 13.8 Å². The average molecular weight is 246 g/mol. The molecule has 0 fully saturated rings. The first-order valence-electron chi connectivity index (χ1n) is 4.93. The van der Waals surface area contributed by atoms with Crippen molar-refractivity contribution in [3.05, 3.63) is 11.3 Å². The van der Waals surface area contributed by atoms with E-state index in [9.17, 15) is 9.59 Å². The monoisotopic (exact) mass is 246 g/mol. The maximum Gasteiger partial charge on any atom is 0.517 e. The van der Waals surface area contributed by atoms with Crippen molar-refractivity contribution in [1.82, 2.24) is 0 Å². The van der Waals surface area contributed by atoms with E-state index in [2.05, 4.69) is 4.74 Å². The van der Waals surface area contributed by atoms with Gasteiger partial charge in [0.1, 0.15) is 0 Å². The number of carbonyl (C=O) groups is 2. The van der Waals surface area contributed by atoms with E-state index >= 15 is 0 Å². The number of hydrogen-bond donors (Lipinski definition) is 0. The van der Waals surface area contributed by atoms with Crippen LogP contribution in [0.4, 0.5) is 4.79 Å². The summed E-state index contributed by atoms with van der Waals surface area (Å²) in [4.78, 5) is 22.0. The highest BCUT2D eigenvalue weighted by molar-refractivity contribution is 8.03. The van der Waals surface area contributed by atoms with Gasteiger partial charge in [-0.05, 0) is 6.92 Å². The van der Waals surface area contributed by atoms with Crippen LogP contribution in [-0.2, 0) is 14.3 Å². The Bertz CT molecular complexity index is 340. The zero-order valence-corrected chi connectivity index (χ0v) is 10.7. The number of hydrogen-bond acceptors (Lipinski definition) is 5. The van der Waals surface area contributed by atoms with E-state index in [1.54, 1.807) is 19.4 Å². The molecule has 0 bridgehead atoms. The summed E-state index contributed by atoms with van der Waals surface area (Å²) in [5.74, 6) is 0.295. The molecule has 0 spiro atoms. The molecule has 5 nitrogen and oxygen atoms in total. The molecule has 0 saturated heterocycles. The summed E-state index contributed by atoms with van der Waals surface area (Å²) in [6.07, 6.45) is -0.0244. The van der Waals surface area contributed by atoms with Crippen LogP contribution in [0.15, 0.2) is 11.3 Å². The second kappa shape index (κ2) is 4.47. The van der Waals surface area contributed by atoms with Gasteiger partial charge in [0.05, 0.1) is 19.1 Å². The molecule has 1 aliphatic rings. The molecule has 1 amide bonds. The standard InChI is InChI=1S/C10H16NO4S/c1-5-14-9(13)15-8-6-16-10(2,3)11(8,4)7-12/h6-7H,5H2,1-4H3/q+1. The third-order valence-corrected chi connectivity index (χ3v) is 3.96. The molecule has 1 unspecified atom stereocenters. The Morgan fingerprint density at radius 3 is 2.75 bits per heavy atom. The molecular formula is C10H16NO4S+. The van der Waals surface area contributed by atoms with Crippen LogP contribution >= 0.6 is 11.8 Å². The van der Waals surface area contributed by atoms with Crippen LogP contribution in [-0.4, -0.2) is 35.6 Å².